The van der Waals surface area contributed by atoms with Crippen molar-refractivity contribution in [3.8, 4) is 11.4 Å². The van der Waals surface area contributed by atoms with Crippen LogP contribution in [0.15, 0.2) is 18.2 Å². The zero-order valence-electron chi connectivity index (χ0n) is 7.54. The normalized spacial score (nSPS) is 10.6. The summed E-state index contributed by atoms with van der Waals surface area (Å²) in [6.45, 7) is -0.182. The minimum Gasteiger partial charge on any atom is -0.388 e. The molecule has 0 bridgehead atoms. The number of aliphatic hydroxyl groups excluding tert-OH is 1. The maximum Gasteiger partial charge on any atom is 0.182 e. The minimum absolute atomic E-state index is 0.182. The van der Waals surface area contributed by atoms with Crippen molar-refractivity contribution in [3.05, 3.63) is 34.1 Å². The van der Waals surface area contributed by atoms with Crippen LogP contribution in [0.3, 0.4) is 0 Å². The van der Waals surface area contributed by atoms with Crippen LogP contribution in [0.25, 0.3) is 11.4 Å². The van der Waals surface area contributed by atoms with Gasteiger partial charge in [0.25, 0.3) is 0 Å². The summed E-state index contributed by atoms with van der Waals surface area (Å²) >= 11 is 11.7. The highest BCUT2D eigenvalue weighted by atomic mass is 35.5. The van der Waals surface area contributed by atoms with Crippen LogP contribution in [-0.4, -0.2) is 20.3 Å². The second-order valence-corrected chi connectivity index (χ2v) is 3.73. The monoisotopic (exact) mass is 243 g/mol. The van der Waals surface area contributed by atoms with Gasteiger partial charge < -0.3 is 5.11 Å². The highest BCUT2D eigenvalue weighted by Crippen LogP contribution is 2.27. The number of H-pyrrole nitrogens is 1. The number of aliphatic hydroxyl groups is 1. The molecule has 0 aliphatic rings. The number of nitrogens with zero attached hydrogens (tertiary/aromatic N) is 2. The number of nitrogens with one attached hydrogen (secondary N) is 1. The summed E-state index contributed by atoms with van der Waals surface area (Å²) in [4.78, 5) is 4.05. The summed E-state index contributed by atoms with van der Waals surface area (Å²) in [5.74, 6) is 0.844. The van der Waals surface area contributed by atoms with Crippen molar-refractivity contribution in [2.24, 2.45) is 0 Å². The molecule has 0 aliphatic heterocycles. The molecule has 1 aromatic carbocycles. The molecule has 15 heavy (non-hydrogen) atoms. The van der Waals surface area contributed by atoms with Crippen molar-refractivity contribution in [2.75, 3.05) is 0 Å². The van der Waals surface area contributed by atoms with Gasteiger partial charge in [0.2, 0.25) is 0 Å². The Hall–Kier alpha value is -1.10. The maximum absolute atomic E-state index is 8.82. The molecular formula is C9H7Cl2N3O. The minimum atomic E-state index is -0.182. The van der Waals surface area contributed by atoms with Crippen molar-refractivity contribution in [3.63, 3.8) is 0 Å². The van der Waals surface area contributed by atoms with Crippen LogP contribution < -0.4 is 0 Å². The molecule has 1 aromatic heterocycles. The van der Waals surface area contributed by atoms with Gasteiger partial charge in [-0.3, -0.25) is 5.10 Å². The van der Waals surface area contributed by atoms with E-state index in [0.717, 1.165) is 0 Å². The maximum atomic E-state index is 8.82. The third-order valence-corrected chi connectivity index (χ3v) is 2.40. The molecule has 6 heteroatoms. The van der Waals surface area contributed by atoms with Crippen molar-refractivity contribution in [1.82, 2.24) is 15.2 Å². The molecular weight excluding hydrogens is 237 g/mol. The second-order valence-electron chi connectivity index (χ2n) is 2.89. The Kier molecular flexibility index (Phi) is 2.90. The lowest BCUT2D eigenvalue weighted by Gasteiger charge is -1.98. The second kappa shape index (κ2) is 4.18. The first-order valence-corrected chi connectivity index (χ1v) is 4.94. The first-order valence-electron chi connectivity index (χ1n) is 4.18. The molecule has 0 spiro atoms. The van der Waals surface area contributed by atoms with Crippen LogP contribution in [0, 0.1) is 0 Å². The van der Waals surface area contributed by atoms with E-state index in [1.807, 2.05) is 0 Å². The molecule has 0 atom stereocenters. The number of rotatable bonds is 2. The fourth-order valence-corrected chi connectivity index (χ4v) is 1.65. The van der Waals surface area contributed by atoms with Gasteiger partial charge in [-0.25, -0.2) is 4.98 Å². The van der Waals surface area contributed by atoms with E-state index in [1.54, 1.807) is 18.2 Å². The van der Waals surface area contributed by atoms with Crippen LogP contribution in [0.2, 0.25) is 10.0 Å². The molecule has 78 valence electrons. The Morgan fingerprint density at radius 1 is 1.33 bits per heavy atom. The van der Waals surface area contributed by atoms with Gasteiger partial charge in [0.05, 0.1) is 5.02 Å². The Bertz CT molecular complexity index is 484. The van der Waals surface area contributed by atoms with Gasteiger partial charge in [0.15, 0.2) is 11.6 Å². The van der Waals surface area contributed by atoms with Crippen LogP contribution in [0.4, 0.5) is 0 Å². The summed E-state index contributed by atoms with van der Waals surface area (Å²) in [7, 11) is 0. The summed E-state index contributed by atoms with van der Waals surface area (Å²) in [5.41, 5.74) is 0.678. The highest BCUT2D eigenvalue weighted by Gasteiger charge is 2.09. The lowest BCUT2D eigenvalue weighted by atomic mass is 10.2. The van der Waals surface area contributed by atoms with E-state index in [1.165, 1.54) is 0 Å². The van der Waals surface area contributed by atoms with E-state index in [2.05, 4.69) is 15.2 Å². The topological polar surface area (TPSA) is 61.8 Å². The van der Waals surface area contributed by atoms with Crippen molar-refractivity contribution in [2.45, 2.75) is 6.61 Å². The third-order valence-electron chi connectivity index (χ3n) is 1.85. The van der Waals surface area contributed by atoms with E-state index in [0.29, 0.717) is 27.3 Å². The third kappa shape index (κ3) is 2.12. The van der Waals surface area contributed by atoms with Gasteiger partial charge in [-0.15, -0.1) is 0 Å². The molecule has 1 heterocycles. The lowest BCUT2D eigenvalue weighted by Crippen LogP contribution is -1.85. The van der Waals surface area contributed by atoms with Gasteiger partial charge in [-0.05, 0) is 18.2 Å². The van der Waals surface area contributed by atoms with E-state index >= 15 is 0 Å². The number of hydrogen-bond donors (Lipinski definition) is 2. The number of halogens is 2. The average molecular weight is 244 g/mol. The molecule has 2 rings (SSSR count). The number of aromatic amines is 1. The van der Waals surface area contributed by atoms with Crippen LogP contribution >= 0.6 is 23.2 Å². The van der Waals surface area contributed by atoms with E-state index in [9.17, 15) is 0 Å². The van der Waals surface area contributed by atoms with Crippen molar-refractivity contribution in [1.29, 1.82) is 0 Å². The van der Waals surface area contributed by atoms with Gasteiger partial charge in [0.1, 0.15) is 6.61 Å². The van der Waals surface area contributed by atoms with Gasteiger partial charge in [0, 0.05) is 10.6 Å². The quantitative estimate of drug-likeness (QED) is 0.851. The molecule has 0 amide bonds. The zero-order chi connectivity index (χ0) is 10.8. The zero-order valence-corrected chi connectivity index (χ0v) is 9.05. The Labute approximate surface area is 95.9 Å². The average Bonchev–Trinajstić information content (AvgIpc) is 2.66. The van der Waals surface area contributed by atoms with E-state index < -0.39 is 0 Å². The standard InChI is InChI=1S/C9H7Cl2N3O/c10-5-1-2-6(7(11)3-5)9-12-8(4-15)13-14-9/h1-3,15H,4H2,(H,12,13,14). The molecule has 0 radical (unpaired) electrons. The Balaban J connectivity index is 2.44. The van der Waals surface area contributed by atoms with Crippen molar-refractivity contribution >= 4 is 23.2 Å². The largest absolute Gasteiger partial charge is 0.388 e. The van der Waals surface area contributed by atoms with Crippen molar-refractivity contribution < 1.29 is 5.11 Å². The van der Waals surface area contributed by atoms with Gasteiger partial charge in [-0.2, -0.15) is 5.10 Å². The molecule has 0 aliphatic carbocycles. The number of aromatic nitrogens is 3. The first-order chi connectivity index (χ1) is 7.20. The summed E-state index contributed by atoms with van der Waals surface area (Å²) in [6.07, 6.45) is 0. The molecule has 2 N–H and O–H groups in total. The van der Waals surface area contributed by atoms with E-state index in [4.69, 9.17) is 28.3 Å². The molecule has 0 saturated carbocycles. The fourth-order valence-electron chi connectivity index (χ4n) is 1.16. The Morgan fingerprint density at radius 3 is 2.73 bits per heavy atom. The number of benzene rings is 1. The fraction of sp³-hybridized carbons (Fsp3) is 0.111. The van der Waals surface area contributed by atoms with Crippen LogP contribution in [-0.2, 0) is 6.61 Å². The van der Waals surface area contributed by atoms with Gasteiger partial charge in [-0.1, -0.05) is 23.2 Å². The molecule has 0 saturated heterocycles. The molecule has 2 aromatic rings. The predicted octanol–water partition coefficient (Wildman–Crippen LogP) is 2.27. The summed E-state index contributed by atoms with van der Waals surface area (Å²) in [5, 5.41) is 16.4. The molecule has 0 fully saturated rings. The highest BCUT2D eigenvalue weighted by molar-refractivity contribution is 6.36. The molecule has 4 nitrogen and oxygen atoms in total. The first kappa shape index (κ1) is 10.4. The smallest absolute Gasteiger partial charge is 0.182 e. The van der Waals surface area contributed by atoms with E-state index in [-0.39, 0.29) is 6.61 Å². The van der Waals surface area contributed by atoms with Crippen LogP contribution in [0.5, 0.6) is 0 Å². The predicted molar refractivity (Wildman–Crippen MR) is 57.8 cm³/mol. The lowest BCUT2D eigenvalue weighted by molar-refractivity contribution is 0.272. The SMILES string of the molecule is OCc1nc(-c2ccc(Cl)cc2Cl)n[nH]1. The number of hydrogen-bond acceptors (Lipinski definition) is 3. The summed E-state index contributed by atoms with van der Waals surface area (Å²) < 4.78 is 0. The molecule has 0 unspecified atom stereocenters. The van der Waals surface area contributed by atoms with Crippen LogP contribution in [0.1, 0.15) is 5.82 Å². The summed E-state index contributed by atoms with van der Waals surface area (Å²) in [6, 6.07) is 5.06. The van der Waals surface area contributed by atoms with Gasteiger partial charge >= 0.3 is 0 Å². The Morgan fingerprint density at radius 2 is 2.13 bits per heavy atom.